The van der Waals surface area contributed by atoms with Crippen molar-refractivity contribution < 1.29 is 69.3 Å². The first kappa shape index (κ1) is 39.0. The lowest BCUT2D eigenvalue weighted by Gasteiger charge is -2.58. The molecule has 21 atom stereocenters. The standard InChI is InChI=1S/C39H62O14/c1-18-27-24(52-39(18)12-11-36(2,53-39)17-48-34-32(46)30(44)28(42)25(15-40)50-34)14-23-21-6-5-19-13-20(7-9-37(19,3)22(21)8-10-38(23,27)4)49-35-33(47)31(45)29(43)26(16-41)51-35/h5,18,20-35,40-47H,6-17H2,1-4H3/t18-,20-,21+,22-,23-,24-,25+,26+,27-,28+,29+,30-,31-,32+,33+,34+,35+,36-,37-,38-,39-/m0/s1. The average molecular weight is 755 g/mol. The van der Waals surface area contributed by atoms with Crippen molar-refractivity contribution in [3.05, 3.63) is 11.6 Å². The molecule has 4 aliphatic heterocycles. The molecular weight excluding hydrogens is 692 g/mol. The van der Waals surface area contributed by atoms with Crippen LogP contribution in [0.5, 0.6) is 0 Å². The van der Waals surface area contributed by atoms with Gasteiger partial charge in [0.2, 0.25) is 0 Å². The summed E-state index contributed by atoms with van der Waals surface area (Å²) in [6, 6.07) is 0. The van der Waals surface area contributed by atoms with Crippen LogP contribution in [0.25, 0.3) is 0 Å². The Morgan fingerprint density at radius 3 is 2.11 bits per heavy atom. The SMILES string of the molecule is C[C@H]1[C@H]2[C@H](C[C@H]3[C@@H]4CC=C5C[C@@H](O[C@@H]6O[C@H](CO)[C@@H](O)[C@H](O)[C@H]6O)CC[C@]5(C)[C@H]4CC[C@]23C)O[C@]12CC[C@@](C)(CO[C@@H]1O[C@H](CO)[C@@H](O)[C@H](O)[C@H]1O)O2. The second-order valence-electron chi connectivity index (χ2n) is 18.6. The summed E-state index contributed by atoms with van der Waals surface area (Å²) in [6.07, 6.45) is -2.57. The number of allylic oxidation sites excluding steroid dienone is 1. The maximum absolute atomic E-state index is 10.6. The molecule has 0 radical (unpaired) electrons. The highest BCUT2D eigenvalue weighted by Gasteiger charge is 2.70. The van der Waals surface area contributed by atoms with Gasteiger partial charge in [0.05, 0.1) is 37.6 Å². The number of fused-ring (bicyclic) bond motifs is 7. The molecule has 302 valence electrons. The first-order valence-electron chi connectivity index (χ1n) is 20.0. The molecule has 3 saturated carbocycles. The van der Waals surface area contributed by atoms with Crippen molar-refractivity contribution in [3.63, 3.8) is 0 Å². The second kappa shape index (κ2) is 13.9. The van der Waals surface area contributed by atoms with E-state index in [1.54, 1.807) is 0 Å². The van der Waals surface area contributed by atoms with E-state index in [0.29, 0.717) is 30.1 Å². The Morgan fingerprint density at radius 1 is 0.774 bits per heavy atom. The number of hydrogen-bond donors (Lipinski definition) is 8. The Kier molecular flexibility index (Phi) is 10.3. The summed E-state index contributed by atoms with van der Waals surface area (Å²) >= 11 is 0. The van der Waals surface area contributed by atoms with Crippen molar-refractivity contribution in [1.82, 2.24) is 0 Å². The quantitative estimate of drug-likeness (QED) is 0.166. The number of ether oxygens (including phenoxy) is 6. The van der Waals surface area contributed by atoms with Gasteiger partial charge in [0, 0.05) is 12.3 Å². The molecule has 0 aromatic carbocycles. The predicted octanol–water partition coefficient (Wildman–Crippen LogP) is 0.477. The van der Waals surface area contributed by atoms with Gasteiger partial charge in [0.15, 0.2) is 18.4 Å². The van der Waals surface area contributed by atoms with E-state index in [4.69, 9.17) is 28.4 Å². The number of aliphatic hydroxyl groups is 8. The minimum atomic E-state index is -1.50. The molecular formula is C39H62O14. The molecule has 0 unspecified atom stereocenters. The zero-order chi connectivity index (χ0) is 37.8. The highest BCUT2D eigenvalue weighted by molar-refractivity contribution is 5.26. The van der Waals surface area contributed by atoms with Crippen molar-refractivity contribution in [2.24, 2.45) is 40.4 Å². The molecule has 8 N–H and O–H groups in total. The van der Waals surface area contributed by atoms with Crippen LogP contribution in [0, 0.1) is 40.4 Å². The zero-order valence-electron chi connectivity index (χ0n) is 31.4. The van der Waals surface area contributed by atoms with Crippen molar-refractivity contribution in [2.45, 2.75) is 170 Å². The molecule has 8 aliphatic rings. The molecule has 1 spiro atoms. The van der Waals surface area contributed by atoms with Crippen LogP contribution in [-0.2, 0) is 28.4 Å². The molecule has 7 fully saturated rings. The van der Waals surface area contributed by atoms with E-state index < -0.39 is 86.0 Å². The van der Waals surface area contributed by atoms with Crippen LogP contribution >= 0.6 is 0 Å². The molecule has 4 heterocycles. The maximum Gasteiger partial charge on any atom is 0.186 e. The Hall–Kier alpha value is -0.820. The largest absolute Gasteiger partial charge is 0.394 e. The van der Waals surface area contributed by atoms with Crippen molar-refractivity contribution in [3.8, 4) is 0 Å². The van der Waals surface area contributed by atoms with E-state index in [-0.39, 0.29) is 35.6 Å². The van der Waals surface area contributed by atoms with Gasteiger partial charge in [0.1, 0.15) is 48.8 Å². The molecule has 53 heavy (non-hydrogen) atoms. The highest BCUT2D eigenvalue weighted by atomic mass is 16.7. The minimum Gasteiger partial charge on any atom is -0.394 e. The summed E-state index contributed by atoms with van der Waals surface area (Å²) in [5.41, 5.74) is 0.834. The van der Waals surface area contributed by atoms with Crippen LogP contribution in [0.2, 0.25) is 0 Å². The Balaban J connectivity index is 0.911. The molecule has 4 saturated heterocycles. The second-order valence-corrected chi connectivity index (χ2v) is 18.6. The van der Waals surface area contributed by atoms with Gasteiger partial charge >= 0.3 is 0 Å². The Labute approximate surface area is 311 Å². The summed E-state index contributed by atoms with van der Waals surface area (Å²) in [7, 11) is 0. The van der Waals surface area contributed by atoms with Crippen LogP contribution in [0.3, 0.4) is 0 Å². The van der Waals surface area contributed by atoms with Gasteiger partial charge in [-0.05, 0) is 92.8 Å². The van der Waals surface area contributed by atoms with E-state index in [2.05, 4.69) is 26.8 Å². The number of rotatable bonds is 7. The highest BCUT2D eigenvalue weighted by Crippen LogP contribution is 2.71. The minimum absolute atomic E-state index is 0.0439. The van der Waals surface area contributed by atoms with E-state index >= 15 is 0 Å². The van der Waals surface area contributed by atoms with Gasteiger partial charge in [-0.3, -0.25) is 0 Å². The van der Waals surface area contributed by atoms with Gasteiger partial charge in [-0.25, -0.2) is 0 Å². The van der Waals surface area contributed by atoms with Crippen LogP contribution in [0.15, 0.2) is 11.6 Å². The molecule has 0 amide bonds. The summed E-state index contributed by atoms with van der Waals surface area (Å²) in [5, 5.41) is 81.1. The van der Waals surface area contributed by atoms with E-state index in [9.17, 15) is 40.9 Å². The lowest BCUT2D eigenvalue weighted by molar-refractivity contribution is -0.318. The monoisotopic (exact) mass is 754 g/mol. The normalized spacial score (nSPS) is 57.8. The summed E-state index contributed by atoms with van der Waals surface area (Å²) in [6.45, 7) is 8.26. The fourth-order valence-electron chi connectivity index (χ4n) is 12.7. The van der Waals surface area contributed by atoms with Crippen molar-refractivity contribution >= 4 is 0 Å². The molecule has 8 rings (SSSR count). The summed E-state index contributed by atoms with van der Waals surface area (Å²) < 4.78 is 37.3. The summed E-state index contributed by atoms with van der Waals surface area (Å²) in [4.78, 5) is 0. The predicted molar refractivity (Wildman–Crippen MR) is 184 cm³/mol. The lowest BCUT2D eigenvalue weighted by atomic mass is 9.47. The first-order valence-corrected chi connectivity index (χ1v) is 20.0. The van der Waals surface area contributed by atoms with Crippen LogP contribution in [0.4, 0.5) is 0 Å². The van der Waals surface area contributed by atoms with Gasteiger partial charge in [-0.2, -0.15) is 0 Å². The number of hydrogen-bond acceptors (Lipinski definition) is 14. The fourth-order valence-corrected chi connectivity index (χ4v) is 12.7. The molecule has 0 aromatic rings. The van der Waals surface area contributed by atoms with E-state index in [1.807, 2.05) is 6.92 Å². The van der Waals surface area contributed by atoms with Crippen LogP contribution in [-0.4, -0.2) is 146 Å². The Bertz CT molecular complexity index is 1380. The van der Waals surface area contributed by atoms with E-state index in [1.165, 1.54) is 5.57 Å². The fraction of sp³-hybridized carbons (Fsp3) is 0.949. The summed E-state index contributed by atoms with van der Waals surface area (Å²) in [5.74, 6) is 1.39. The smallest absolute Gasteiger partial charge is 0.186 e. The first-order chi connectivity index (χ1) is 25.1. The molecule has 4 aliphatic carbocycles. The lowest BCUT2D eigenvalue weighted by Crippen LogP contribution is -2.60. The topological polar surface area (TPSA) is 217 Å². The molecule has 14 nitrogen and oxygen atoms in total. The van der Waals surface area contributed by atoms with Crippen molar-refractivity contribution in [1.29, 1.82) is 0 Å². The van der Waals surface area contributed by atoms with Gasteiger partial charge < -0.3 is 69.3 Å². The van der Waals surface area contributed by atoms with E-state index in [0.717, 1.165) is 51.4 Å². The van der Waals surface area contributed by atoms with Crippen molar-refractivity contribution in [2.75, 3.05) is 19.8 Å². The van der Waals surface area contributed by atoms with Gasteiger partial charge in [0.25, 0.3) is 0 Å². The molecule has 0 bridgehead atoms. The average Bonchev–Trinajstić information content (AvgIpc) is 3.73. The van der Waals surface area contributed by atoms with Crippen LogP contribution < -0.4 is 0 Å². The molecule has 0 aromatic heterocycles. The Morgan fingerprint density at radius 2 is 1.43 bits per heavy atom. The van der Waals surface area contributed by atoms with Gasteiger partial charge in [-0.15, -0.1) is 0 Å². The van der Waals surface area contributed by atoms with Crippen LogP contribution in [0.1, 0.15) is 85.5 Å². The third kappa shape index (κ3) is 6.12. The zero-order valence-corrected chi connectivity index (χ0v) is 31.4. The van der Waals surface area contributed by atoms with Gasteiger partial charge in [-0.1, -0.05) is 32.4 Å². The number of aliphatic hydroxyl groups excluding tert-OH is 8. The third-order valence-corrected chi connectivity index (χ3v) is 15.7. The molecule has 14 heteroatoms. The third-order valence-electron chi connectivity index (χ3n) is 15.7. The maximum atomic E-state index is 10.6.